The second-order valence-electron chi connectivity index (χ2n) is 14.1. The van der Waals surface area contributed by atoms with Crippen LogP contribution >= 0.6 is 0 Å². The van der Waals surface area contributed by atoms with Crippen molar-refractivity contribution in [3.05, 3.63) is 88.0 Å². The Morgan fingerprint density at radius 3 is 1.69 bits per heavy atom. The van der Waals surface area contributed by atoms with Crippen LogP contribution in [0.15, 0.2) is 59.6 Å². The molecule has 2 N–H and O–H groups in total. The van der Waals surface area contributed by atoms with Gasteiger partial charge >= 0.3 is 0 Å². The van der Waals surface area contributed by atoms with E-state index in [1.54, 1.807) is 12.1 Å². The Hall–Kier alpha value is -3.38. The van der Waals surface area contributed by atoms with E-state index in [4.69, 9.17) is 14.5 Å². The molecule has 45 heavy (non-hydrogen) atoms. The first-order chi connectivity index (χ1) is 21.2. The van der Waals surface area contributed by atoms with Gasteiger partial charge in [0.25, 0.3) is 0 Å². The van der Waals surface area contributed by atoms with Gasteiger partial charge in [-0.1, -0.05) is 86.4 Å². The summed E-state index contributed by atoms with van der Waals surface area (Å²) in [5.41, 5.74) is 2.01. The summed E-state index contributed by atoms with van der Waals surface area (Å²) in [7, 11) is 0. The van der Waals surface area contributed by atoms with Crippen molar-refractivity contribution in [2.75, 3.05) is 13.2 Å². The van der Waals surface area contributed by atoms with Crippen LogP contribution in [-0.4, -0.2) is 35.7 Å². The maximum atomic E-state index is 13.5. The van der Waals surface area contributed by atoms with E-state index in [9.17, 15) is 14.6 Å². The van der Waals surface area contributed by atoms with Crippen molar-refractivity contribution in [3.63, 3.8) is 0 Å². The first-order valence-electron chi connectivity index (χ1n) is 16.4. The molecule has 0 aliphatic rings. The van der Waals surface area contributed by atoms with Crippen LogP contribution in [-0.2, 0) is 23.1 Å². The van der Waals surface area contributed by atoms with Crippen molar-refractivity contribution in [1.29, 1.82) is 0 Å². The normalized spacial score (nSPS) is 13.3. The maximum Gasteiger partial charge on any atom is 0.144 e. The lowest BCUT2D eigenvalue weighted by molar-refractivity contribution is 0.0519. The molecule has 0 aromatic heterocycles. The van der Waals surface area contributed by atoms with Gasteiger partial charge in [-0.3, -0.25) is 4.99 Å². The van der Waals surface area contributed by atoms with Gasteiger partial charge in [-0.05, 0) is 83.7 Å². The summed E-state index contributed by atoms with van der Waals surface area (Å²) in [6.07, 6.45) is 5.22. The van der Waals surface area contributed by atoms with Gasteiger partial charge in [0.1, 0.15) is 29.5 Å². The van der Waals surface area contributed by atoms with Crippen LogP contribution in [0.3, 0.4) is 0 Å². The van der Waals surface area contributed by atoms with Gasteiger partial charge < -0.3 is 19.7 Å². The van der Waals surface area contributed by atoms with Crippen LogP contribution < -0.4 is 9.47 Å². The zero-order valence-corrected chi connectivity index (χ0v) is 28.8. The highest BCUT2D eigenvalue weighted by molar-refractivity contribution is 5.84. The summed E-state index contributed by atoms with van der Waals surface area (Å²) < 4.78 is 26.2. The number of hydrogen-bond donors (Lipinski definition) is 2. The molecular weight excluding hydrogens is 565 g/mol. The number of halogens is 1. The predicted molar refractivity (Wildman–Crippen MR) is 184 cm³/mol. The number of alkyl halides is 1. The smallest absolute Gasteiger partial charge is 0.144 e. The fraction of sp³-hybridized carbons (Fsp3) is 0.513. The zero-order valence-electron chi connectivity index (χ0n) is 28.8. The number of phenols is 1. The average Bonchev–Trinajstić information content (AvgIpc) is 2.99. The van der Waals surface area contributed by atoms with Gasteiger partial charge in [0.2, 0.25) is 0 Å². The minimum absolute atomic E-state index is 0.0108. The largest absolute Gasteiger partial charge is 0.507 e. The highest BCUT2D eigenvalue weighted by atomic mass is 19.1. The third-order valence-corrected chi connectivity index (χ3v) is 8.31. The second-order valence-corrected chi connectivity index (χ2v) is 14.1. The molecule has 246 valence electrons. The molecular formula is C39H54FNO4. The van der Waals surface area contributed by atoms with Gasteiger partial charge in [0.05, 0.1) is 19.3 Å². The summed E-state index contributed by atoms with van der Waals surface area (Å²) >= 11 is 0. The summed E-state index contributed by atoms with van der Waals surface area (Å²) in [5, 5.41) is 23.9. The van der Waals surface area contributed by atoms with Crippen LogP contribution in [0.2, 0.25) is 0 Å². The topological polar surface area (TPSA) is 71.3 Å². The molecule has 0 spiro atoms. The molecule has 6 heteroatoms. The number of nitrogens with zero attached hydrogens (tertiary/aromatic N) is 1. The van der Waals surface area contributed by atoms with E-state index < -0.39 is 18.3 Å². The van der Waals surface area contributed by atoms with E-state index in [0.717, 1.165) is 36.8 Å². The molecule has 5 nitrogen and oxygen atoms in total. The molecule has 0 aliphatic heterocycles. The zero-order chi connectivity index (χ0) is 33.4. The molecule has 1 unspecified atom stereocenters. The molecule has 0 saturated heterocycles. The van der Waals surface area contributed by atoms with Crippen molar-refractivity contribution in [2.24, 2.45) is 4.99 Å². The minimum atomic E-state index is -1.70. The Balaban J connectivity index is 2.38. The molecule has 1 atom stereocenters. The molecule has 0 fully saturated rings. The average molecular weight is 620 g/mol. The van der Waals surface area contributed by atoms with Gasteiger partial charge in [0, 0.05) is 22.9 Å². The Bertz CT molecular complexity index is 1360. The molecule has 0 heterocycles. The van der Waals surface area contributed by atoms with E-state index in [1.807, 2.05) is 31.2 Å². The monoisotopic (exact) mass is 619 g/mol. The maximum absolute atomic E-state index is 13.5. The first kappa shape index (κ1) is 36.1. The SMILES string of the molecule is CCCCOc1ccc(C(C)(C)C)cc1C(O)(c1cc(C(C)(C)C)ccc1OCCCC)C(C)N=Cc1cc(CF)ccc1O. The number of rotatable bonds is 14. The summed E-state index contributed by atoms with van der Waals surface area (Å²) in [6, 6.07) is 15.9. The van der Waals surface area contributed by atoms with Gasteiger partial charge in [-0.15, -0.1) is 0 Å². The van der Waals surface area contributed by atoms with E-state index in [2.05, 4.69) is 67.5 Å². The number of aliphatic hydroxyl groups is 1. The third-order valence-electron chi connectivity index (χ3n) is 8.31. The molecule has 0 saturated carbocycles. The molecule has 0 amide bonds. The van der Waals surface area contributed by atoms with Crippen molar-refractivity contribution >= 4 is 6.21 Å². The highest BCUT2D eigenvalue weighted by Gasteiger charge is 2.43. The summed E-state index contributed by atoms with van der Waals surface area (Å²) in [5.74, 6) is 1.16. The quantitative estimate of drug-likeness (QED) is 0.139. The molecule has 0 aliphatic carbocycles. The molecule has 0 bridgehead atoms. The fourth-order valence-corrected chi connectivity index (χ4v) is 5.18. The van der Waals surface area contributed by atoms with Crippen LogP contribution in [0.4, 0.5) is 4.39 Å². The van der Waals surface area contributed by atoms with Crippen LogP contribution in [0.25, 0.3) is 0 Å². The van der Waals surface area contributed by atoms with Crippen molar-refractivity contribution in [3.8, 4) is 17.2 Å². The lowest BCUT2D eigenvalue weighted by Crippen LogP contribution is -2.39. The molecule has 3 rings (SSSR count). The second kappa shape index (κ2) is 15.3. The Morgan fingerprint density at radius 2 is 1.27 bits per heavy atom. The molecule has 3 aromatic carbocycles. The minimum Gasteiger partial charge on any atom is -0.507 e. The lowest BCUT2D eigenvalue weighted by Gasteiger charge is -2.37. The van der Waals surface area contributed by atoms with Crippen LogP contribution in [0, 0.1) is 0 Å². The predicted octanol–water partition coefficient (Wildman–Crippen LogP) is 9.56. The number of hydrogen-bond acceptors (Lipinski definition) is 5. The van der Waals surface area contributed by atoms with Gasteiger partial charge in [-0.2, -0.15) is 0 Å². The van der Waals surface area contributed by atoms with E-state index in [-0.39, 0.29) is 16.6 Å². The summed E-state index contributed by atoms with van der Waals surface area (Å²) in [4.78, 5) is 4.85. The number of unbranched alkanes of at least 4 members (excludes halogenated alkanes) is 2. The highest BCUT2D eigenvalue weighted by Crippen LogP contribution is 2.46. The van der Waals surface area contributed by atoms with Gasteiger partial charge in [0.15, 0.2) is 0 Å². The van der Waals surface area contributed by atoms with Crippen LogP contribution in [0.1, 0.15) is 121 Å². The van der Waals surface area contributed by atoms with E-state index >= 15 is 0 Å². The Labute approximate surface area is 270 Å². The molecule has 3 aromatic rings. The standard InChI is InChI=1S/C39H54FNO4/c1-10-12-20-44-35-18-15-30(37(4,5)6)23-32(35)39(43,27(3)41-26-29-22-28(25-40)14-17-34(29)42)33-24-31(38(7,8)9)16-19-36(33)45-21-13-11-2/h14-19,22-24,26-27,42-43H,10-13,20-21,25H2,1-9H3. The number of ether oxygens (including phenoxy) is 2. The number of aliphatic imine (C=N–C) groups is 1. The van der Waals surface area contributed by atoms with Crippen molar-refractivity contribution in [2.45, 2.75) is 117 Å². The van der Waals surface area contributed by atoms with Crippen molar-refractivity contribution in [1.82, 2.24) is 0 Å². The number of phenolic OH excluding ortho intramolecular Hbond substituents is 1. The lowest BCUT2D eigenvalue weighted by atomic mass is 9.75. The van der Waals surface area contributed by atoms with Crippen molar-refractivity contribution < 1.29 is 24.1 Å². The third kappa shape index (κ3) is 8.88. The van der Waals surface area contributed by atoms with Gasteiger partial charge in [-0.25, -0.2) is 4.39 Å². The van der Waals surface area contributed by atoms with E-state index in [0.29, 0.717) is 47.0 Å². The fourth-order valence-electron chi connectivity index (χ4n) is 5.18. The Kier molecular flexibility index (Phi) is 12.2. The first-order valence-corrected chi connectivity index (χ1v) is 16.4. The Morgan fingerprint density at radius 1 is 0.778 bits per heavy atom. The summed E-state index contributed by atoms with van der Waals surface area (Å²) in [6.45, 7) is 19.3. The number of aromatic hydroxyl groups is 1. The van der Waals surface area contributed by atoms with Crippen LogP contribution in [0.5, 0.6) is 17.2 Å². The van der Waals surface area contributed by atoms with E-state index in [1.165, 1.54) is 12.3 Å². The number of benzene rings is 3. The molecule has 0 radical (unpaired) electrons.